The maximum absolute atomic E-state index is 14.4. The Morgan fingerprint density at radius 2 is 1.87 bits per heavy atom. The monoisotopic (exact) mass is 558 g/mol. The minimum atomic E-state index is -5.17. The van der Waals surface area contributed by atoms with Gasteiger partial charge in [0.2, 0.25) is 11.8 Å². The van der Waals surface area contributed by atoms with Crippen LogP contribution in [0.5, 0.6) is 0 Å². The third kappa shape index (κ3) is 6.00. The van der Waals surface area contributed by atoms with Gasteiger partial charge in [0.1, 0.15) is 5.76 Å². The van der Waals surface area contributed by atoms with Crippen LogP contribution >= 0.6 is 11.3 Å². The van der Waals surface area contributed by atoms with Crippen molar-refractivity contribution >= 4 is 23.2 Å². The van der Waals surface area contributed by atoms with Gasteiger partial charge in [0.05, 0.1) is 12.1 Å². The molecule has 1 fully saturated rings. The summed E-state index contributed by atoms with van der Waals surface area (Å²) in [5, 5.41) is 9.91. The molecular weight excluding hydrogens is 535 g/mol. The van der Waals surface area contributed by atoms with Crippen molar-refractivity contribution in [2.24, 2.45) is 5.73 Å². The van der Waals surface area contributed by atoms with Crippen LogP contribution in [0.25, 0.3) is 10.6 Å². The second kappa shape index (κ2) is 10.7. The number of hydrogen-bond acceptors (Lipinski definition) is 8. The molecular formula is C23H23F5N6O3S. The Balaban J connectivity index is 1.76. The van der Waals surface area contributed by atoms with Crippen LogP contribution in [0.15, 0.2) is 41.7 Å². The molecule has 38 heavy (non-hydrogen) atoms. The molecule has 1 unspecified atom stereocenters. The highest BCUT2D eigenvalue weighted by Crippen LogP contribution is 2.44. The van der Waals surface area contributed by atoms with Crippen molar-refractivity contribution in [2.75, 3.05) is 39.8 Å². The van der Waals surface area contributed by atoms with Crippen molar-refractivity contribution in [3.63, 3.8) is 0 Å². The van der Waals surface area contributed by atoms with Gasteiger partial charge in [0.25, 0.3) is 0 Å². The molecule has 1 aliphatic heterocycles. The minimum Gasteiger partial charge on any atom is -0.407 e. The number of carbonyl (C=O) groups excluding carboxylic acids is 2. The Kier molecular flexibility index (Phi) is 7.80. The van der Waals surface area contributed by atoms with E-state index in [1.54, 1.807) is 0 Å². The standard InChI is InChI=1S/C23H23F5N6O3S/c1-33-7-9-34(10-8-33)12-17(35)30-22(11-13(19(29)36)5-6-16(22)37-23(26,27)28)21-32-31-20(38-21)14-3-2-4-15(24)18(14)25/h2-6H,7-12H2,1H3,(H2,29,36)(H,30,35). The van der Waals surface area contributed by atoms with Gasteiger partial charge in [-0.25, -0.2) is 8.78 Å². The first-order chi connectivity index (χ1) is 17.9. The topological polar surface area (TPSA) is 114 Å². The van der Waals surface area contributed by atoms with Crippen molar-refractivity contribution in [2.45, 2.75) is 18.3 Å². The number of piperazine rings is 1. The van der Waals surface area contributed by atoms with Gasteiger partial charge in [-0.3, -0.25) is 14.5 Å². The average molecular weight is 559 g/mol. The Labute approximate surface area is 217 Å². The Hall–Kier alpha value is -3.43. The minimum absolute atomic E-state index is 0.117. The molecule has 3 N–H and O–H groups in total. The Morgan fingerprint density at radius 3 is 2.53 bits per heavy atom. The van der Waals surface area contributed by atoms with Gasteiger partial charge in [0.15, 0.2) is 27.2 Å². The van der Waals surface area contributed by atoms with Crippen molar-refractivity contribution < 1.29 is 36.3 Å². The van der Waals surface area contributed by atoms with Gasteiger partial charge >= 0.3 is 6.36 Å². The van der Waals surface area contributed by atoms with E-state index in [1.165, 1.54) is 12.1 Å². The number of allylic oxidation sites excluding steroid dienone is 2. The molecule has 4 rings (SSSR count). The number of halogens is 5. The summed E-state index contributed by atoms with van der Waals surface area (Å²) in [5.41, 5.74) is 2.86. The lowest BCUT2D eigenvalue weighted by molar-refractivity contribution is -0.310. The summed E-state index contributed by atoms with van der Waals surface area (Å²) in [6.07, 6.45) is -3.78. The summed E-state index contributed by atoms with van der Waals surface area (Å²) in [6, 6.07) is 3.35. The fraction of sp³-hybridized carbons (Fsp3) is 0.391. The molecule has 0 bridgehead atoms. The van der Waals surface area contributed by atoms with Crippen LogP contribution in [0.1, 0.15) is 11.4 Å². The number of rotatable bonds is 7. The number of carbonyl (C=O) groups is 2. The lowest BCUT2D eigenvalue weighted by atomic mass is 9.84. The smallest absolute Gasteiger partial charge is 0.407 e. The summed E-state index contributed by atoms with van der Waals surface area (Å²) in [7, 11) is 1.92. The van der Waals surface area contributed by atoms with Crippen LogP contribution in [0.2, 0.25) is 0 Å². The molecule has 15 heteroatoms. The highest BCUT2D eigenvalue weighted by Gasteiger charge is 2.50. The largest absolute Gasteiger partial charge is 0.572 e. The van der Waals surface area contributed by atoms with Gasteiger partial charge in [0, 0.05) is 38.2 Å². The Bertz CT molecular complexity index is 1290. The average Bonchev–Trinajstić information content (AvgIpc) is 3.33. The van der Waals surface area contributed by atoms with E-state index < -0.39 is 47.5 Å². The molecule has 0 saturated carbocycles. The first-order valence-electron chi connectivity index (χ1n) is 11.3. The van der Waals surface area contributed by atoms with E-state index in [0.717, 1.165) is 18.2 Å². The van der Waals surface area contributed by atoms with Crippen LogP contribution in [0.4, 0.5) is 22.0 Å². The van der Waals surface area contributed by atoms with E-state index in [1.807, 2.05) is 11.9 Å². The summed E-state index contributed by atoms with van der Waals surface area (Å²) < 4.78 is 72.8. The van der Waals surface area contributed by atoms with E-state index >= 15 is 0 Å². The fourth-order valence-corrected chi connectivity index (χ4v) is 5.18. The number of amides is 2. The fourth-order valence-electron chi connectivity index (χ4n) is 4.17. The molecule has 1 aliphatic carbocycles. The maximum atomic E-state index is 14.4. The Morgan fingerprint density at radius 1 is 1.16 bits per heavy atom. The van der Waals surface area contributed by atoms with Crippen molar-refractivity contribution in [3.05, 3.63) is 58.3 Å². The van der Waals surface area contributed by atoms with Gasteiger partial charge in [-0.2, -0.15) is 0 Å². The number of nitrogens with zero attached hydrogens (tertiary/aromatic N) is 4. The molecule has 2 heterocycles. The quantitative estimate of drug-likeness (QED) is 0.502. The third-order valence-electron chi connectivity index (χ3n) is 6.14. The second-order valence-electron chi connectivity index (χ2n) is 8.86. The predicted molar refractivity (Wildman–Crippen MR) is 126 cm³/mol. The summed E-state index contributed by atoms with van der Waals surface area (Å²) in [6.45, 7) is 2.32. The van der Waals surface area contributed by atoms with Gasteiger partial charge in [-0.1, -0.05) is 23.5 Å². The van der Waals surface area contributed by atoms with Gasteiger partial charge in [-0.15, -0.1) is 23.4 Å². The van der Waals surface area contributed by atoms with Crippen LogP contribution in [0.3, 0.4) is 0 Å². The molecule has 0 radical (unpaired) electrons. The zero-order chi connectivity index (χ0) is 27.7. The number of aromatic nitrogens is 2. The van der Waals surface area contributed by atoms with Crippen LogP contribution in [-0.4, -0.2) is 77.9 Å². The molecule has 1 aromatic heterocycles. The van der Waals surface area contributed by atoms with Gasteiger partial charge < -0.3 is 20.7 Å². The molecule has 9 nitrogen and oxygen atoms in total. The van der Waals surface area contributed by atoms with E-state index in [0.29, 0.717) is 37.5 Å². The maximum Gasteiger partial charge on any atom is 0.572 e. The predicted octanol–water partition coefficient (Wildman–Crippen LogP) is 2.28. The summed E-state index contributed by atoms with van der Waals surface area (Å²) >= 11 is 0.615. The summed E-state index contributed by atoms with van der Waals surface area (Å²) in [4.78, 5) is 29.1. The van der Waals surface area contributed by atoms with Crippen molar-refractivity contribution in [1.82, 2.24) is 25.3 Å². The second-order valence-corrected chi connectivity index (χ2v) is 9.84. The van der Waals surface area contributed by atoms with Crippen LogP contribution < -0.4 is 11.1 Å². The number of nitrogens with two attached hydrogens (primary N) is 1. The highest BCUT2D eigenvalue weighted by molar-refractivity contribution is 7.14. The van der Waals surface area contributed by atoms with Crippen LogP contribution in [-0.2, 0) is 19.9 Å². The zero-order valence-corrected chi connectivity index (χ0v) is 20.8. The molecule has 2 amide bonds. The molecule has 1 saturated heterocycles. The number of primary amides is 1. The van der Waals surface area contributed by atoms with Gasteiger partial charge in [-0.05, 0) is 25.3 Å². The highest BCUT2D eigenvalue weighted by atomic mass is 32.1. The number of benzene rings is 1. The van der Waals surface area contributed by atoms with E-state index in [2.05, 4.69) is 25.2 Å². The number of likely N-dealkylation sites (N-methyl/N-ethyl adjacent to an activating group) is 1. The van der Waals surface area contributed by atoms with E-state index in [4.69, 9.17) is 5.73 Å². The first-order valence-corrected chi connectivity index (χ1v) is 12.2. The van der Waals surface area contributed by atoms with E-state index in [-0.39, 0.29) is 27.7 Å². The van der Waals surface area contributed by atoms with Crippen molar-refractivity contribution in [3.8, 4) is 10.6 Å². The lowest BCUT2D eigenvalue weighted by Crippen LogP contribution is -2.54. The number of hydrogen-bond donors (Lipinski definition) is 2. The third-order valence-corrected chi connectivity index (χ3v) is 7.26. The first kappa shape index (κ1) is 27.6. The zero-order valence-electron chi connectivity index (χ0n) is 20.0. The molecule has 1 atom stereocenters. The van der Waals surface area contributed by atoms with Crippen LogP contribution in [0, 0.1) is 11.6 Å². The number of nitrogens with one attached hydrogen (secondary N) is 1. The molecule has 204 valence electrons. The SMILES string of the molecule is CN1CCN(CC(=O)NC2(c3nnc(-c4cccc(F)c4F)s3)CC(C(N)=O)=CC=C2OC(F)(F)F)CC1. The summed E-state index contributed by atoms with van der Waals surface area (Å²) in [5.74, 6) is -4.79. The van der Waals surface area contributed by atoms with E-state index in [9.17, 15) is 31.5 Å². The molecule has 0 spiro atoms. The number of alkyl halides is 3. The van der Waals surface area contributed by atoms with Crippen molar-refractivity contribution in [1.29, 1.82) is 0 Å². The normalized spacial score (nSPS) is 21.0. The number of ether oxygens (including phenoxy) is 1. The lowest BCUT2D eigenvalue weighted by Gasteiger charge is -2.38. The molecule has 1 aromatic carbocycles. The molecule has 2 aliphatic rings. The molecule has 2 aromatic rings.